The van der Waals surface area contributed by atoms with Gasteiger partial charge in [0.05, 0.1) is 24.5 Å². The maximum Gasteiger partial charge on any atom is 0.239 e. The van der Waals surface area contributed by atoms with Gasteiger partial charge >= 0.3 is 0 Å². The number of piperidine rings is 1. The molecule has 2 aromatic rings. The lowest BCUT2D eigenvalue weighted by Crippen LogP contribution is -2.49. The molecule has 4 rings (SSSR count). The predicted molar refractivity (Wildman–Crippen MR) is 105 cm³/mol. The Morgan fingerprint density at radius 2 is 1.89 bits per heavy atom. The van der Waals surface area contributed by atoms with Gasteiger partial charge in [-0.25, -0.2) is 4.98 Å². The number of methoxy groups -OCH3 is 1. The topological polar surface area (TPSA) is 61.5 Å². The van der Waals surface area contributed by atoms with E-state index in [1.54, 1.807) is 7.11 Å². The summed E-state index contributed by atoms with van der Waals surface area (Å²) in [7, 11) is 1.67. The second-order valence-corrected chi connectivity index (χ2v) is 7.52. The van der Waals surface area contributed by atoms with Crippen LogP contribution in [0.25, 0.3) is 11.4 Å². The lowest BCUT2D eigenvalue weighted by atomic mass is 10.1. The lowest BCUT2D eigenvalue weighted by molar-refractivity contribution is -0.137. The molecule has 0 spiro atoms. The van der Waals surface area contributed by atoms with Gasteiger partial charge in [-0.2, -0.15) is 0 Å². The van der Waals surface area contributed by atoms with Gasteiger partial charge in [-0.05, 0) is 50.5 Å². The molecule has 1 saturated heterocycles. The number of benzene rings is 1. The van der Waals surface area contributed by atoms with Crippen LogP contribution in [0.4, 0.5) is 0 Å². The number of likely N-dealkylation sites (tertiary alicyclic amines) is 1. The van der Waals surface area contributed by atoms with Gasteiger partial charge in [0.15, 0.2) is 0 Å². The van der Waals surface area contributed by atoms with E-state index in [1.165, 1.54) is 6.42 Å². The first-order chi connectivity index (χ1) is 13.2. The maximum atomic E-state index is 12.8. The van der Waals surface area contributed by atoms with E-state index in [9.17, 15) is 4.79 Å². The number of carbonyl (C=O) groups is 1. The minimum absolute atomic E-state index is 0.0796. The van der Waals surface area contributed by atoms with E-state index < -0.39 is 0 Å². The van der Waals surface area contributed by atoms with E-state index in [4.69, 9.17) is 9.72 Å². The van der Waals surface area contributed by atoms with Gasteiger partial charge < -0.3 is 14.6 Å². The highest BCUT2D eigenvalue weighted by Crippen LogP contribution is 2.25. The summed E-state index contributed by atoms with van der Waals surface area (Å²) < 4.78 is 5.23. The lowest BCUT2D eigenvalue weighted by Gasteiger charge is -2.35. The highest BCUT2D eigenvalue weighted by molar-refractivity contribution is 5.81. The van der Waals surface area contributed by atoms with Crippen LogP contribution in [-0.2, 0) is 17.8 Å². The summed E-state index contributed by atoms with van der Waals surface area (Å²) in [5.74, 6) is 2.00. The fourth-order valence-corrected chi connectivity index (χ4v) is 4.07. The van der Waals surface area contributed by atoms with Crippen molar-refractivity contribution >= 4 is 5.91 Å². The summed E-state index contributed by atoms with van der Waals surface area (Å²) in [5.41, 5.74) is 3.30. The van der Waals surface area contributed by atoms with Gasteiger partial charge in [0.1, 0.15) is 11.6 Å². The van der Waals surface area contributed by atoms with Crippen molar-refractivity contribution in [3.63, 3.8) is 0 Å². The molecule has 2 aliphatic heterocycles. The quantitative estimate of drug-likeness (QED) is 0.901. The number of hydrogen-bond acceptors (Lipinski definition) is 4. The SMILES string of the molecule is COc1ccc(-c2nc3c([nH]2)CN([C@H](C)C(=O)N2CCCCC2)CC3)cc1. The molecule has 2 aliphatic rings. The van der Waals surface area contributed by atoms with E-state index in [1.807, 2.05) is 36.1 Å². The number of rotatable bonds is 4. The van der Waals surface area contributed by atoms with Crippen molar-refractivity contribution in [2.24, 2.45) is 0 Å². The molecule has 1 fully saturated rings. The van der Waals surface area contributed by atoms with Crippen molar-refractivity contribution < 1.29 is 9.53 Å². The van der Waals surface area contributed by atoms with Crippen LogP contribution in [0.2, 0.25) is 0 Å². The van der Waals surface area contributed by atoms with Crippen LogP contribution in [0, 0.1) is 0 Å². The molecule has 0 unspecified atom stereocenters. The van der Waals surface area contributed by atoms with Crippen LogP contribution in [0.5, 0.6) is 5.75 Å². The maximum absolute atomic E-state index is 12.8. The highest BCUT2D eigenvalue weighted by atomic mass is 16.5. The van der Waals surface area contributed by atoms with Gasteiger partial charge in [-0.3, -0.25) is 9.69 Å². The van der Waals surface area contributed by atoms with Crippen molar-refractivity contribution in [2.75, 3.05) is 26.7 Å². The minimum Gasteiger partial charge on any atom is -0.497 e. The van der Waals surface area contributed by atoms with E-state index in [0.717, 1.165) is 74.0 Å². The molecule has 6 heteroatoms. The van der Waals surface area contributed by atoms with Crippen molar-refractivity contribution in [1.29, 1.82) is 0 Å². The van der Waals surface area contributed by atoms with Gasteiger partial charge in [0.25, 0.3) is 0 Å². The number of nitrogens with zero attached hydrogens (tertiary/aromatic N) is 3. The van der Waals surface area contributed by atoms with Crippen molar-refractivity contribution in [3.05, 3.63) is 35.7 Å². The molecule has 27 heavy (non-hydrogen) atoms. The Morgan fingerprint density at radius 1 is 1.15 bits per heavy atom. The number of aromatic nitrogens is 2. The van der Waals surface area contributed by atoms with Gasteiger partial charge in [-0.15, -0.1) is 0 Å². The molecule has 1 amide bonds. The number of fused-ring (bicyclic) bond motifs is 1. The Labute approximate surface area is 160 Å². The normalized spacial score (nSPS) is 18.8. The first-order valence-corrected chi connectivity index (χ1v) is 9.90. The molecule has 0 aliphatic carbocycles. The van der Waals surface area contributed by atoms with E-state index in [-0.39, 0.29) is 11.9 Å². The predicted octanol–water partition coefficient (Wildman–Crippen LogP) is 2.84. The molecular formula is C21H28N4O2. The second-order valence-electron chi connectivity index (χ2n) is 7.52. The Kier molecular flexibility index (Phi) is 5.16. The standard InChI is InChI=1S/C21H28N4O2/c1-15(21(26)24-11-4-3-5-12-24)25-13-10-18-19(14-25)23-20(22-18)16-6-8-17(27-2)9-7-16/h6-9,15H,3-5,10-14H2,1-2H3,(H,22,23)/t15-/m1/s1. The first kappa shape index (κ1) is 18.0. The fraction of sp³-hybridized carbons (Fsp3) is 0.524. The average molecular weight is 368 g/mol. The van der Waals surface area contributed by atoms with Crippen molar-refractivity contribution in [2.45, 2.75) is 45.2 Å². The number of hydrogen-bond donors (Lipinski definition) is 1. The molecule has 6 nitrogen and oxygen atoms in total. The Bertz CT molecular complexity index is 793. The Hall–Kier alpha value is -2.34. The van der Waals surface area contributed by atoms with Crippen molar-refractivity contribution in [1.82, 2.24) is 19.8 Å². The zero-order valence-corrected chi connectivity index (χ0v) is 16.2. The number of aromatic amines is 1. The third-order valence-electron chi connectivity index (χ3n) is 5.80. The molecule has 1 atom stereocenters. The molecule has 0 radical (unpaired) electrons. The smallest absolute Gasteiger partial charge is 0.239 e. The second kappa shape index (κ2) is 7.72. The van der Waals surface area contributed by atoms with Crippen LogP contribution in [0.15, 0.2) is 24.3 Å². The number of amides is 1. The monoisotopic (exact) mass is 368 g/mol. The highest BCUT2D eigenvalue weighted by Gasteiger charge is 2.30. The molecule has 3 heterocycles. The van der Waals surface area contributed by atoms with Gasteiger partial charge in [-0.1, -0.05) is 0 Å². The number of carbonyl (C=O) groups excluding carboxylic acids is 1. The molecule has 1 aromatic carbocycles. The third kappa shape index (κ3) is 3.72. The summed E-state index contributed by atoms with van der Waals surface area (Å²) in [6, 6.07) is 7.85. The van der Waals surface area contributed by atoms with Crippen LogP contribution in [-0.4, -0.2) is 58.5 Å². The summed E-state index contributed by atoms with van der Waals surface area (Å²) in [6.07, 6.45) is 4.38. The van der Waals surface area contributed by atoms with Crippen molar-refractivity contribution in [3.8, 4) is 17.1 Å². The molecule has 1 N–H and O–H groups in total. The molecule has 144 valence electrons. The molecule has 0 saturated carbocycles. The van der Waals surface area contributed by atoms with Gasteiger partial charge in [0, 0.05) is 38.2 Å². The van der Waals surface area contributed by atoms with E-state index in [2.05, 4.69) is 9.88 Å². The van der Waals surface area contributed by atoms with Crippen LogP contribution < -0.4 is 4.74 Å². The summed E-state index contributed by atoms with van der Waals surface area (Å²) in [4.78, 5) is 25.4. The summed E-state index contributed by atoms with van der Waals surface area (Å²) in [5, 5.41) is 0. The molecular weight excluding hydrogens is 340 g/mol. The van der Waals surface area contributed by atoms with Crippen LogP contribution in [0.1, 0.15) is 37.6 Å². The minimum atomic E-state index is -0.0796. The Balaban J connectivity index is 1.46. The number of H-pyrrole nitrogens is 1. The molecule has 1 aromatic heterocycles. The number of nitrogens with one attached hydrogen (secondary N) is 1. The van der Waals surface area contributed by atoms with Crippen LogP contribution >= 0.6 is 0 Å². The average Bonchev–Trinajstić information content (AvgIpc) is 3.16. The third-order valence-corrected chi connectivity index (χ3v) is 5.80. The number of imidazole rings is 1. The van der Waals surface area contributed by atoms with E-state index in [0.29, 0.717) is 0 Å². The summed E-state index contributed by atoms with van der Waals surface area (Å²) >= 11 is 0. The largest absolute Gasteiger partial charge is 0.497 e. The van der Waals surface area contributed by atoms with E-state index >= 15 is 0 Å². The summed E-state index contributed by atoms with van der Waals surface area (Å²) in [6.45, 7) is 5.49. The Morgan fingerprint density at radius 3 is 2.59 bits per heavy atom. The number of ether oxygens (including phenoxy) is 1. The zero-order valence-electron chi connectivity index (χ0n) is 16.2. The fourth-order valence-electron chi connectivity index (χ4n) is 4.07. The van der Waals surface area contributed by atoms with Gasteiger partial charge in [0.2, 0.25) is 5.91 Å². The van der Waals surface area contributed by atoms with Crippen LogP contribution in [0.3, 0.4) is 0 Å². The first-order valence-electron chi connectivity index (χ1n) is 9.90. The molecule has 0 bridgehead atoms. The zero-order chi connectivity index (χ0) is 18.8.